The first kappa shape index (κ1) is 17.4. The van der Waals surface area contributed by atoms with Crippen molar-refractivity contribution in [2.75, 3.05) is 0 Å². The molecule has 4 aromatic rings. The Balaban J connectivity index is 1.48. The highest BCUT2D eigenvalue weighted by Crippen LogP contribution is 2.34. The van der Waals surface area contributed by atoms with Crippen LogP contribution in [0.5, 0.6) is 0 Å². The molecule has 5 rings (SSSR count). The van der Waals surface area contributed by atoms with Gasteiger partial charge in [0.1, 0.15) is 22.3 Å². The minimum atomic E-state index is -0.260. The highest BCUT2D eigenvalue weighted by molar-refractivity contribution is 7.98. The van der Waals surface area contributed by atoms with Gasteiger partial charge in [0.2, 0.25) is 0 Å². The number of nitrogens with zero attached hydrogens (tertiary/aromatic N) is 3. The van der Waals surface area contributed by atoms with Gasteiger partial charge in [-0.3, -0.25) is 0 Å². The van der Waals surface area contributed by atoms with E-state index in [9.17, 15) is 4.39 Å². The summed E-state index contributed by atoms with van der Waals surface area (Å²) in [5, 5.41) is 16.1. The van der Waals surface area contributed by atoms with Crippen LogP contribution in [0.1, 0.15) is 29.9 Å². The van der Waals surface area contributed by atoms with E-state index in [4.69, 9.17) is 4.52 Å². The molecule has 0 spiro atoms. The van der Waals surface area contributed by atoms with Gasteiger partial charge in [0.05, 0.1) is 5.69 Å². The first-order valence-electron chi connectivity index (χ1n) is 9.40. The third-order valence-electron chi connectivity index (χ3n) is 5.15. The number of rotatable bonds is 4. The fourth-order valence-corrected chi connectivity index (χ4v) is 4.64. The Hall–Kier alpha value is -2.73. The van der Waals surface area contributed by atoms with Crippen LogP contribution in [-0.4, -0.2) is 15.4 Å². The molecule has 0 bridgehead atoms. The maximum atomic E-state index is 13.3. The van der Waals surface area contributed by atoms with Gasteiger partial charge in [-0.2, -0.15) is 0 Å². The molecule has 6 heteroatoms. The molecule has 1 aliphatic carbocycles. The van der Waals surface area contributed by atoms with Crippen molar-refractivity contribution in [2.24, 2.45) is 0 Å². The Bertz CT molecular complexity index is 1140. The van der Waals surface area contributed by atoms with Crippen molar-refractivity contribution >= 4 is 22.5 Å². The van der Waals surface area contributed by atoms with Crippen molar-refractivity contribution < 1.29 is 8.91 Å². The number of benzene rings is 2. The van der Waals surface area contributed by atoms with E-state index in [1.807, 2.05) is 18.2 Å². The second-order valence-electron chi connectivity index (χ2n) is 6.93. The summed E-state index contributed by atoms with van der Waals surface area (Å²) in [6.45, 7) is 0. The Labute approximate surface area is 166 Å². The van der Waals surface area contributed by atoms with Gasteiger partial charge in [-0.1, -0.05) is 41.2 Å². The molecule has 1 aliphatic rings. The van der Waals surface area contributed by atoms with Gasteiger partial charge in [0, 0.05) is 34.1 Å². The first-order valence-corrected chi connectivity index (χ1v) is 10.4. The number of fused-ring (bicyclic) bond motifs is 2. The van der Waals surface area contributed by atoms with Crippen LogP contribution in [0.3, 0.4) is 0 Å². The van der Waals surface area contributed by atoms with Crippen LogP contribution >= 0.6 is 11.8 Å². The van der Waals surface area contributed by atoms with E-state index in [1.165, 1.54) is 30.5 Å². The second kappa shape index (κ2) is 7.36. The SMILES string of the molecule is Fc1ccc(-c2nnc(SCc3noc4c3CCCC4)c3ccccc23)cc1. The normalized spacial score (nSPS) is 13.6. The van der Waals surface area contributed by atoms with Crippen LogP contribution in [0, 0.1) is 5.82 Å². The Morgan fingerprint density at radius 3 is 2.57 bits per heavy atom. The van der Waals surface area contributed by atoms with Gasteiger partial charge in [-0.05, 0) is 43.5 Å². The van der Waals surface area contributed by atoms with Crippen molar-refractivity contribution in [3.63, 3.8) is 0 Å². The molecule has 2 aromatic heterocycles. The molecule has 0 fully saturated rings. The number of aromatic nitrogens is 3. The Morgan fingerprint density at radius 2 is 1.71 bits per heavy atom. The van der Waals surface area contributed by atoms with Gasteiger partial charge in [0.25, 0.3) is 0 Å². The lowest BCUT2D eigenvalue weighted by atomic mass is 9.97. The van der Waals surface area contributed by atoms with E-state index in [0.717, 1.165) is 51.4 Å². The second-order valence-corrected chi connectivity index (χ2v) is 7.90. The van der Waals surface area contributed by atoms with Gasteiger partial charge < -0.3 is 4.52 Å². The molecule has 28 heavy (non-hydrogen) atoms. The average molecular weight is 391 g/mol. The minimum absolute atomic E-state index is 0.260. The van der Waals surface area contributed by atoms with Crippen molar-refractivity contribution in [3.05, 3.63) is 71.4 Å². The smallest absolute Gasteiger partial charge is 0.140 e. The molecule has 4 nitrogen and oxygen atoms in total. The van der Waals surface area contributed by atoms with Crippen LogP contribution in [-0.2, 0) is 18.6 Å². The van der Waals surface area contributed by atoms with Crippen molar-refractivity contribution in [1.82, 2.24) is 15.4 Å². The molecule has 0 atom stereocenters. The van der Waals surface area contributed by atoms with E-state index in [0.29, 0.717) is 5.75 Å². The van der Waals surface area contributed by atoms with E-state index in [2.05, 4.69) is 21.4 Å². The van der Waals surface area contributed by atoms with Crippen LogP contribution in [0.15, 0.2) is 58.1 Å². The summed E-state index contributed by atoms with van der Waals surface area (Å²) < 4.78 is 18.8. The largest absolute Gasteiger partial charge is 0.361 e. The quantitative estimate of drug-likeness (QED) is 0.424. The monoisotopic (exact) mass is 391 g/mol. The molecular formula is C22H18FN3OS. The zero-order valence-electron chi connectivity index (χ0n) is 15.2. The highest BCUT2D eigenvalue weighted by atomic mass is 32.2. The lowest BCUT2D eigenvalue weighted by Gasteiger charge is -2.10. The number of hydrogen-bond acceptors (Lipinski definition) is 5. The predicted molar refractivity (Wildman–Crippen MR) is 108 cm³/mol. The third-order valence-corrected chi connectivity index (χ3v) is 6.14. The van der Waals surface area contributed by atoms with Crippen molar-refractivity contribution in [3.8, 4) is 11.3 Å². The molecule has 0 amide bonds. The zero-order chi connectivity index (χ0) is 18.9. The summed E-state index contributed by atoms with van der Waals surface area (Å²) >= 11 is 1.63. The number of halogens is 1. The summed E-state index contributed by atoms with van der Waals surface area (Å²) in [5.41, 5.74) is 3.91. The summed E-state index contributed by atoms with van der Waals surface area (Å²) in [4.78, 5) is 0. The molecule has 0 saturated carbocycles. The molecule has 0 unspecified atom stereocenters. The first-order chi connectivity index (χ1) is 13.8. The molecule has 0 radical (unpaired) electrons. The predicted octanol–water partition coefficient (Wildman–Crippen LogP) is 5.60. The van der Waals surface area contributed by atoms with E-state index in [-0.39, 0.29) is 5.82 Å². The lowest BCUT2D eigenvalue weighted by Crippen LogP contribution is -2.01. The minimum Gasteiger partial charge on any atom is -0.361 e. The Kier molecular flexibility index (Phi) is 4.56. The van der Waals surface area contributed by atoms with Gasteiger partial charge in [-0.15, -0.1) is 10.2 Å². The van der Waals surface area contributed by atoms with Gasteiger partial charge in [0.15, 0.2) is 0 Å². The van der Waals surface area contributed by atoms with Crippen LogP contribution in [0.2, 0.25) is 0 Å². The van der Waals surface area contributed by atoms with E-state index in [1.54, 1.807) is 23.9 Å². The summed E-state index contributed by atoms with van der Waals surface area (Å²) in [6, 6.07) is 14.4. The van der Waals surface area contributed by atoms with Crippen molar-refractivity contribution in [1.29, 1.82) is 0 Å². The number of thioether (sulfide) groups is 1. The van der Waals surface area contributed by atoms with Crippen LogP contribution in [0.25, 0.3) is 22.0 Å². The average Bonchev–Trinajstić information content (AvgIpc) is 3.16. The maximum absolute atomic E-state index is 13.3. The molecule has 2 aromatic carbocycles. The molecule has 0 aliphatic heterocycles. The molecular weight excluding hydrogens is 373 g/mol. The van der Waals surface area contributed by atoms with Crippen molar-refractivity contribution in [2.45, 2.75) is 36.5 Å². The topological polar surface area (TPSA) is 51.8 Å². The molecule has 140 valence electrons. The fraction of sp³-hybridized carbons (Fsp3) is 0.227. The molecule has 2 heterocycles. The Morgan fingerprint density at radius 1 is 0.929 bits per heavy atom. The summed E-state index contributed by atoms with van der Waals surface area (Å²) in [5.74, 6) is 1.50. The summed E-state index contributed by atoms with van der Waals surface area (Å²) in [7, 11) is 0. The highest BCUT2D eigenvalue weighted by Gasteiger charge is 2.20. The van der Waals surface area contributed by atoms with Crippen LogP contribution in [0.4, 0.5) is 4.39 Å². The number of hydrogen-bond donors (Lipinski definition) is 0. The van der Waals surface area contributed by atoms with E-state index < -0.39 is 0 Å². The molecule has 0 N–H and O–H groups in total. The lowest BCUT2D eigenvalue weighted by molar-refractivity contribution is 0.369. The molecule has 0 saturated heterocycles. The maximum Gasteiger partial charge on any atom is 0.140 e. The zero-order valence-corrected chi connectivity index (χ0v) is 16.0. The fourth-order valence-electron chi connectivity index (χ4n) is 3.71. The number of aryl methyl sites for hydroxylation is 1. The van der Waals surface area contributed by atoms with Gasteiger partial charge >= 0.3 is 0 Å². The summed E-state index contributed by atoms with van der Waals surface area (Å²) in [6.07, 6.45) is 4.41. The van der Waals surface area contributed by atoms with Gasteiger partial charge in [-0.25, -0.2) is 4.39 Å². The third kappa shape index (κ3) is 3.18. The van der Waals surface area contributed by atoms with E-state index >= 15 is 0 Å². The van der Waals surface area contributed by atoms with Crippen LogP contribution < -0.4 is 0 Å². The standard InChI is InChI=1S/C22H18FN3OS/c23-15-11-9-14(10-12-15)21-16-5-1-2-6-17(16)22(25-24-21)28-13-19-18-7-3-4-8-20(18)27-26-19/h1-2,5-6,9-12H,3-4,7-8,13H2.